The molecule has 8 heteroatoms. The van der Waals surface area contributed by atoms with E-state index in [9.17, 15) is 9.59 Å². The van der Waals surface area contributed by atoms with Crippen LogP contribution in [0, 0.1) is 20.8 Å². The van der Waals surface area contributed by atoms with Crippen molar-refractivity contribution in [2.24, 2.45) is 0 Å². The molecule has 2 atom stereocenters. The van der Waals surface area contributed by atoms with Crippen molar-refractivity contribution in [3.05, 3.63) is 68.8 Å². The summed E-state index contributed by atoms with van der Waals surface area (Å²) < 4.78 is 10.2. The average molecular weight is 583 g/mol. The van der Waals surface area contributed by atoms with Gasteiger partial charge >= 0.3 is 11.9 Å². The number of allylic oxidation sites excluding steroid dienone is 1. The van der Waals surface area contributed by atoms with E-state index in [0.29, 0.717) is 23.4 Å². The minimum absolute atomic E-state index is 0.0362. The van der Waals surface area contributed by atoms with Gasteiger partial charge in [-0.25, -0.2) is 9.78 Å². The largest absolute Gasteiger partial charge is 0.469 e. The molecule has 3 aromatic rings. The number of nitrogens with zero attached hydrogens (tertiary/aromatic N) is 2. The molecule has 2 N–H and O–H groups in total. The number of aromatic nitrogens is 4. The van der Waals surface area contributed by atoms with Crippen LogP contribution in [-0.4, -0.2) is 46.1 Å². The quantitative estimate of drug-likeness (QED) is 0.295. The van der Waals surface area contributed by atoms with Crippen LogP contribution < -0.4 is 0 Å². The molecular weight excluding hydrogens is 540 g/mol. The number of H-pyrrole nitrogens is 2. The Balaban J connectivity index is 1.95. The number of carbonyl (C=O) groups excluding carboxylic acids is 2. The van der Waals surface area contributed by atoms with Gasteiger partial charge < -0.3 is 19.4 Å². The van der Waals surface area contributed by atoms with E-state index in [4.69, 9.17) is 19.4 Å². The Hall–Kier alpha value is -4.20. The van der Waals surface area contributed by atoms with Gasteiger partial charge in [0, 0.05) is 51.7 Å². The standard InChI is InChI=1S/C35H42N4O4/c1-10-22-17(3)25-14-27-19(5)24(12-13-31(40)42-8)33(38-27)21(7)34-32(35(41)43-9)20(6)28(39-34)16-30-23(11-2)18(4)26(37-30)15-29(22)36-25/h14-16,19,24,36-37H,10-13H2,1-9H3/t19-,24-/m0/s1. The molecule has 0 radical (unpaired) electrons. The minimum atomic E-state index is -0.431. The van der Waals surface area contributed by atoms with E-state index in [1.807, 2.05) is 19.9 Å². The van der Waals surface area contributed by atoms with Crippen LogP contribution in [0.4, 0.5) is 0 Å². The summed E-state index contributed by atoms with van der Waals surface area (Å²) in [7, 11) is 2.80. The Morgan fingerprint density at radius 2 is 1.42 bits per heavy atom. The molecule has 0 spiro atoms. The van der Waals surface area contributed by atoms with E-state index < -0.39 is 5.97 Å². The topological polar surface area (TPSA) is 110 Å². The fourth-order valence-electron chi connectivity index (χ4n) is 6.74. The number of aromatic amines is 2. The van der Waals surface area contributed by atoms with Crippen molar-refractivity contribution in [1.29, 1.82) is 0 Å². The number of rotatable bonds is 6. The molecule has 0 aromatic carbocycles. The molecule has 8 bridgehead atoms. The van der Waals surface area contributed by atoms with Gasteiger partial charge in [0.1, 0.15) is 0 Å². The second kappa shape index (κ2) is 11.8. The first-order chi connectivity index (χ1) is 20.5. The molecule has 43 heavy (non-hydrogen) atoms. The van der Waals surface area contributed by atoms with Gasteiger partial charge in [-0.2, -0.15) is 0 Å². The third kappa shape index (κ3) is 5.17. The van der Waals surface area contributed by atoms with Crippen molar-refractivity contribution < 1.29 is 19.1 Å². The van der Waals surface area contributed by atoms with E-state index in [1.165, 1.54) is 36.5 Å². The first-order valence-corrected chi connectivity index (χ1v) is 15.1. The van der Waals surface area contributed by atoms with E-state index >= 15 is 0 Å². The van der Waals surface area contributed by atoms with Crippen LogP contribution in [0.15, 0.2) is 18.2 Å². The maximum absolute atomic E-state index is 13.2. The lowest BCUT2D eigenvalue weighted by molar-refractivity contribution is -0.140. The van der Waals surface area contributed by atoms with Crippen molar-refractivity contribution in [3.63, 3.8) is 0 Å². The molecule has 0 fully saturated rings. The van der Waals surface area contributed by atoms with Gasteiger partial charge in [0.25, 0.3) is 0 Å². The Kier molecular flexibility index (Phi) is 8.32. The van der Waals surface area contributed by atoms with Gasteiger partial charge in [0.05, 0.1) is 31.2 Å². The predicted octanol–water partition coefficient (Wildman–Crippen LogP) is 7.31. The number of aryl methyl sites for hydroxylation is 4. The number of nitrogens with one attached hydrogen (secondary N) is 2. The van der Waals surface area contributed by atoms with Gasteiger partial charge in [-0.1, -0.05) is 20.8 Å². The third-order valence-electron chi connectivity index (χ3n) is 9.39. The minimum Gasteiger partial charge on any atom is -0.469 e. The first kappa shape index (κ1) is 30.3. The Morgan fingerprint density at radius 1 is 0.814 bits per heavy atom. The molecule has 0 saturated heterocycles. The van der Waals surface area contributed by atoms with Gasteiger partial charge in [-0.15, -0.1) is 0 Å². The van der Waals surface area contributed by atoms with Gasteiger partial charge in [0.15, 0.2) is 0 Å². The molecule has 2 aliphatic rings. The van der Waals surface area contributed by atoms with Crippen molar-refractivity contribution in [2.75, 3.05) is 14.2 Å². The Labute approximate surface area is 253 Å². The summed E-state index contributed by atoms with van der Waals surface area (Å²) >= 11 is 0. The monoisotopic (exact) mass is 582 g/mol. The normalized spacial score (nSPS) is 16.5. The van der Waals surface area contributed by atoms with Crippen LogP contribution in [0.2, 0.25) is 0 Å². The highest BCUT2D eigenvalue weighted by Crippen LogP contribution is 2.43. The molecule has 226 valence electrons. The molecule has 8 nitrogen and oxygen atoms in total. The number of ether oxygens (including phenoxy) is 2. The summed E-state index contributed by atoms with van der Waals surface area (Å²) in [5.74, 6) is -0.703. The molecule has 2 aliphatic heterocycles. The lowest BCUT2D eigenvalue weighted by Crippen LogP contribution is -2.10. The van der Waals surface area contributed by atoms with Crippen LogP contribution in [0.5, 0.6) is 0 Å². The van der Waals surface area contributed by atoms with Crippen LogP contribution in [-0.2, 0) is 31.9 Å². The predicted molar refractivity (Wildman–Crippen MR) is 171 cm³/mol. The van der Waals surface area contributed by atoms with Gasteiger partial charge in [-0.3, -0.25) is 9.78 Å². The second-order valence-corrected chi connectivity index (χ2v) is 11.6. The van der Waals surface area contributed by atoms with Crippen LogP contribution in [0.25, 0.3) is 33.2 Å². The number of hydrogen-bond acceptors (Lipinski definition) is 6. The lowest BCUT2D eigenvalue weighted by atomic mass is 9.85. The number of esters is 2. The van der Waals surface area contributed by atoms with Crippen molar-refractivity contribution in [2.45, 2.75) is 86.0 Å². The number of methoxy groups -OCH3 is 2. The van der Waals surface area contributed by atoms with E-state index in [2.05, 4.69) is 56.7 Å². The van der Waals surface area contributed by atoms with Crippen molar-refractivity contribution >= 4 is 45.2 Å². The molecule has 5 heterocycles. The van der Waals surface area contributed by atoms with E-state index in [-0.39, 0.29) is 24.2 Å². The molecule has 0 amide bonds. The maximum Gasteiger partial charge on any atom is 0.340 e. The zero-order valence-electron chi connectivity index (χ0n) is 26.7. The zero-order chi connectivity index (χ0) is 31.2. The second-order valence-electron chi connectivity index (χ2n) is 11.6. The average Bonchev–Trinajstić information content (AvgIpc) is 3.68. The Bertz CT molecular complexity index is 1820. The summed E-state index contributed by atoms with van der Waals surface area (Å²) in [6.45, 7) is 14.7. The smallest absolute Gasteiger partial charge is 0.340 e. The third-order valence-corrected chi connectivity index (χ3v) is 9.39. The molecule has 0 aliphatic carbocycles. The fraction of sp³-hybridized carbons (Fsp3) is 0.429. The van der Waals surface area contributed by atoms with Gasteiger partial charge in [0.2, 0.25) is 0 Å². The molecule has 3 aromatic heterocycles. The number of fused-ring (bicyclic) bond motifs is 8. The number of hydrogen-bond donors (Lipinski definition) is 2. The van der Waals surface area contributed by atoms with E-state index in [0.717, 1.165) is 57.4 Å². The van der Waals surface area contributed by atoms with Gasteiger partial charge in [-0.05, 0) is 98.5 Å². The molecule has 0 unspecified atom stereocenters. The van der Waals surface area contributed by atoms with E-state index in [1.54, 1.807) is 0 Å². The van der Waals surface area contributed by atoms with Crippen LogP contribution in [0.3, 0.4) is 0 Å². The highest BCUT2D eigenvalue weighted by atomic mass is 16.5. The summed E-state index contributed by atoms with van der Waals surface area (Å²) in [5.41, 5.74) is 14.1. The Morgan fingerprint density at radius 3 is 2.00 bits per heavy atom. The zero-order valence-corrected chi connectivity index (χ0v) is 26.7. The van der Waals surface area contributed by atoms with Crippen molar-refractivity contribution in [3.8, 4) is 0 Å². The summed E-state index contributed by atoms with van der Waals surface area (Å²) in [6, 6.07) is 6.38. The summed E-state index contributed by atoms with van der Waals surface area (Å²) in [6.07, 6.45) is 2.59. The summed E-state index contributed by atoms with van der Waals surface area (Å²) in [5, 5.41) is 0. The van der Waals surface area contributed by atoms with Crippen molar-refractivity contribution in [1.82, 2.24) is 19.9 Å². The molecule has 0 saturated carbocycles. The van der Waals surface area contributed by atoms with Crippen LogP contribution >= 0.6 is 0 Å². The molecule has 5 rings (SSSR count). The molecular formula is C35H42N4O4. The highest BCUT2D eigenvalue weighted by Gasteiger charge is 2.34. The number of carbonyl (C=O) groups is 2. The van der Waals surface area contributed by atoms with Crippen LogP contribution in [0.1, 0.15) is 103 Å². The highest BCUT2D eigenvalue weighted by molar-refractivity contribution is 6.25. The summed E-state index contributed by atoms with van der Waals surface area (Å²) in [4.78, 5) is 43.0. The SMILES string of the molecule is CCc1c(C)c2cc3[nH]c(cc4nc(c(C)c5nc(cc1[nH]2)C(C)=C5C(=O)OC)[C@@H](CCC(=O)OC)[C@@H]4C)c(C)c3CC. The fourth-order valence-corrected chi connectivity index (χ4v) is 6.74. The maximum atomic E-state index is 13.2. The lowest BCUT2D eigenvalue weighted by Gasteiger charge is -2.17. The first-order valence-electron chi connectivity index (χ1n) is 15.1.